The monoisotopic (exact) mass is 207 g/mol. The number of nitrogens with two attached hydrogens (primary N) is 1. The SMILES string of the molecule is COC(=O)C(Cc1ccccc1)C(C)N. The number of carbonyl (C=O) groups is 1. The summed E-state index contributed by atoms with van der Waals surface area (Å²) in [6.07, 6.45) is 0.630. The second-order valence-corrected chi connectivity index (χ2v) is 3.68. The molecule has 0 fully saturated rings. The van der Waals surface area contributed by atoms with Gasteiger partial charge in [0.05, 0.1) is 13.0 Å². The summed E-state index contributed by atoms with van der Waals surface area (Å²) in [6.45, 7) is 1.82. The maximum Gasteiger partial charge on any atom is 0.310 e. The van der Waals surface area contributed by atoms with Crippen molar-refractivity contribution in [2.75, 3.05) is 7.11 Å². The molecule has 0 saturated heterocycles. The molecule has 3 heteroatoms. The highest BCUT2D eigenvalue weighted by atomic mass is 16.5. The van der Waals surface area contributed by atoms with Crippen LogP contribution in [-0.2, 0) is 16.0 Å². The van der Waals surface area contributed by atoms with Crippen LogP contribution in [0, 0.1) is 5.92 Å². The molecule has 0 aliphatic rings. The van der Waals surface area contributed by atoms with Crippen molar-refractivity contribution in [1.29, 1.82) is 0 Å². The lowest BCUT2D eigenvalue weighted by atomic mass is 9.94. The minimum absolute atomic E-state index is 0.197. The molecule has 2 N–H and O–H groups in total. The molecule has 0 aromatic heterocycles. The molecule has 1 aromatic rings. The first-order valence-electron chi connectivity index (χ1n) is 5.02. The van der Waals surface area contributed by atoms with Crippen molar-refractivity contribution in [3.63, 3.8) is 0 Å². The molecular weight excluding hydrogens is 190 g/mol. The van der Waals surface area contributed by atoms with Gasteiger partial charge in [-0.3, -0.25) is 4.79 Å². The third-order valence-electron chi connectivity index (χ3n) is 2.44. The zero-order chi connectivity index (χ0) is 11.3. The van der Waals surface area contributed by atoms with Crippen LogP contribution in [0.3, 0.4) is 0 Å². The number of ether oxygens (including phenoxy) is 1. The van der Waals surface area contributed by atoms with Gasteiger partial charge in [-0.25, -0.2) is 0 Å². The predicted octanol–water partition coefficient (Wildman–Crippen LogP) is 1.37. The summed E-state index contributed by atoms with van der Waals surface area (Å²) >= 11 is 0. The number of carbonyl (C=O) groups excluding carboxylic acids is 1. The normalized spacial score (nSPS) is 14.3. The first-order valence-corrected chi connectivity index (χ1v) is 5.02. The zero-order valence-corrected chi connectivity index (χ0v) is 9.14. The number of hydrogen-bond donors (Lipinski definition) is 1. The number of methoxy groups -OCH3 is 1. The molecule has 0 radical (unpaired) electrons. The second kappa shape index (κ2) is 5.51. The van der Waals surface area contributed by atoms with Crippen LogP contribution in [0.2, 0.25) is 0 Å². The van der Waals surface area contributed by atoms with Crippen LogP contribution in [-0.4, -0.2) is 19.1 Å². The first-order chi connectivity index (χ1) is 7.15. The van der Waals surface area contributed by atoms with Gasteiger partial charge < -0.3 is 10.5 Å². The average Bonchev–Trinajstić information content (AvgIpc) is 2.26. The van der Waals surface area contributed by atoms with Crippen LogP contribution in [0.15, 0.2) is 30.3 Å². The van der Waals surface area contributed by atoms with Crippen molar-refractivity contribution in [3.8, 4) is 0 Å². The van der Waals surface area contributed by atoms with E-state index in [1.807, 2.05) is 37.3 Å². The highest BCUT2D eigenvalue weighted by molar-refractivity contribution is 5.73. The van der Waals surface area contributed by atoms with Crippen molar-refractivity contribution < 1.29 is 9.53 Å². The van der Waals surface area contributed by atoms with Crippen molar-refractivity contribution >= 4 is 5.97 Å². The van der Waals surface area contributed by atoms with Gasteiger partial charge in [0.1, 0.15) is 0 Å². The van der Waals surface area contributed by atoms with Gasteiger partial charge in [-0.1, -0.05) is 30.3 Å². The van der Waals surface area contributed by atoms with E-state index in [4.69, 9.17) is 10.5 Å². The third-order valence-corrected chi connectivity index (χ3v) is 2.44. The van der Waals surface area contributed by atoms with Gasteiger partial charge in [0, 0.05) is 6.04 Å². The Hall–Kier alpha value is -1.35. The van der Waals surface area contributed by atoms with E-state index in [9.17, 15) is 4.79 Å². The van der Waals surface area contributed by atoms with Crippen LogP contribution in [0.1, 0.15) is 12.5 Å². The van der Waals surface area contributed by atoms with Gasteiger partial charge in [-0.2, -0.15) is 0 Å². The Bertz CT molecular complexity index is 309. The van der Waals surface area contributed by atoms with E-state index in [0.717, 1.165) is 5.56 Å². The smallest absolute Gasteiger partial charge is 0.310 e. The molecule has 1 rings (SSSR count). The van der Waals surface area contributed by atoms with Crippen LogP contribution in [0.25, 0.3) is 0 Å². The molecule has 15 heavy (non-hydrogen) atoms. The summed E-state index contributed by atoms with van der Waals surface area (Å²) in [6, 6.07) is 9.62. The number of rotatable bonds is 4. The third kappa shape index (κ3) is 3.36. The van der Waals surface area contributed by atoms with Crippen LogP contribution < -0.4 is 5.73 Å². The molecule has 0 aliphatic carbocycles. The van der Waals surface area contributed by atoms with Crippen molar-refractivity contribution in [2.24, 2.45) is 11.7 Å². The van der Waals surface area contributed by atoms with Crippen LogP contribution in [0.5, 0.6) is 0 Å². The molecule has 0 aliphatic heterocycles. The topological polar surface area (TPSA) is 52.3 Å². The predicted molar refractivity (Wildman–Crippen MR) is 59.3 cm³/mol. The fourth-order valence-corrected chi connectivity index (χ4v) is 1.50. The zero-order valence-electron chi connectivity index (χ0n) is 9.14. The molecule has 2 unspecified atom stereocenters. The summed E-state index contributed by atoms with van der Waals surface area (Å²) in [7, 11) is 1.39. The molecule has 0 heterocycles. The molecule has 2 atom stereocenters. The Kier molecular flexibility index (Phi) is 4.31. The van der Waals surface area contributed by atoms with E-state index >= 15 is 0 Å². The lowest BCUT2D eigenvalue weighted by Gasteiger charge is -2.18. The molecule has 0 amide bonds. The fraction of sp³-hybridized carbons (Fsp3) is 0.417. The molecular formula is C12H17NO2. The summed E-state index contributed by atoms with van der Waals surface area (Å²) in [4.78, 5) is 11.5. The average molecular weight is 207 g/mol. The minimum Gasteiger partial charge on any atom is -0.469 e. The Morgan fingerprint density at radius 1 is 1.40 bits per heavy atom. The maximum atomic E-state index is 11.5. The fourth-order valence-electron chi connectivity index (χ4n) is 1.50. The van der Waals surface area contributed by atoms with Crippen molar-refractivity contribution in [3.05, 3.63) is 35.9 Å². The van der Waals surface area contributed by atoms with E-state index in [-0.39, 0.29) is 17.9 Å². The number of hydrogen-bond acceptors (Lipinski definition) is 3. The molecule has 1 aromatic carbocycles. The van der Waals surface area contributed by atoms with Gasteiger partial charge in [-0.15, -0.1) is 0 Å². The molecule has 0 bridgehead atoms. The van der Waals surface area contributed by atoms with E-state index in [1.165, 1.54) is 7.11 Å². The Morgan fingerprint density at radius 3 is 2.47 bits per heavy atom. The maximum absolute atomic E-state index is 11.5. The standard InChI is InChI=1S/C12H17NO2/c1-9(13)11(12(14)15-2)8-10-6-4-3-5-7-10/h3-7,9,11H,8,13H2,1-2H3. The Balaban J connectivity index is 2.72. The summed E-state index contributed by atoms with van der Waals surface area (Å²) in [5.41, 5.74) is 6.86. The molecule has 0 spiro atoms. The van der Waals surface area contributed by atoms with E-state index in [0.29, 0.717) is 6.42 Å². The second-order valence-electron chi connectivity index (χ2n) is 3.68. The lowest BCUT2D eigenvalue weighted by Crippen LogP contribution is -2.35. The quantitative estimate of drug-likeness (QED) is 0.758. The van der Waals surface area contributed by atoms with Gasteiger partial charge in [-0.05, 0) is 18.9 Å². The first kappa shape index (κ1) is 11.7. The van der Waals surface area contributed by atoms with E-state index < -0.39 is 0 Å². The lowest BCUT2D eigenvalue weighted by molar-refractivity contribution is -0.146. The Morgan fingerprint density at radius 2 is 2.00 bits per heavy atom. The highest BCUT2D eigenvalue weighted by Crippen LogP contribution is 2.12. The van der Waals surface area contributed by atoms with Gasteiger partial charge in [0.25, 0.3) is 0 Å². The van der Waals surface area contributed by atoms with Gasteiger partial charge in [0.2, 0.25) is 0 Å². The van der Waals surface area contributed by atoms with Crippen molar-refractivity contribution in [1.82, 2.24) is 0 Å². The Labute approximate surface area is 90.2 Å². The summed E-state index contributed by atoms with van der Waals surface area (Å²) < 4.78 is 4.73. The highest BCUT2D eigenvalue weighted by Gasteiger charge is 2.23. The minimum atomic E-state index is -0.266. The van der Waals surface area contributed by atoms with E-state index in [1.54, 1.807) is 0 Å². The van der Waals surface area contributed by atoms with E-state index in [2.05, 4.69) is 0 Å². The molecule has 3 nitrogen and oxygen atoms in total. The number of benzene rings is 1. The largest absolute Gasteiger partial charge is 0.469 e. The molecule has 82 valence electrons. The van der Waals surface area contributed by atoms with Crippen LogP contribution >= 0.6 is 0 Å². The summed E-state index contributed by atoms with van der Waals surface area (Å²) in [5, 5.41) is 0. The summed E-state index contributed by atoms with van der Waals surface area (Å²) in [5.74, 6) is -0.508. The molecule has 0 saturated carbocycles. The number of esters is 1. The van der Waals surface area contributed by atoms with Crippen molar-refractivity contribution in [2.45, 2.75) is 19.4 Å². The van der Waals surface area contributed by atoms with Gasteiger partial charge >= 0.3 is 5.97 Å². The van der Waals surface area contributed by atoms with Crippen LogP contribution in [0.4, 0.5) is 0 Å². The van der Waals surface area contributed by atoms with Gasteiger partial charge in [0.15, 0.2) is 0 Å².